The molecule has 96 valence electrons. The lowest BCUT2D eigenvalue weighted by Gasteiger charge is -2.05. The molecule has 3 aromatic rings. The van der Waals surface area contributed by atoms with Gasteiger partial charge in [0.2, 0.25) is 0 Å². The minimum Gasteiger partial charge on any atom is -0.354 e. The van der Waals surface area contributed by atoms with E-state index in [0.29, 0.717) is 11.3 Å². The second-order valence-corrected chi connectivity index (χ2v) is 4.66. The van der Waals surface area contributed by atoms with Gasteiger partial charge in [-0.15, -0.1) is 0 Å². The number of hydrogen-bond acceptors (Lipinski definition) is 3. The summed E-state index contributed by atoms with van der Waals surface area (Å²) < 4.78 is 0. The van der Waals surface area contributed by atoms with Crippen molar-refractivity contribution in [3.8, 4) is 0 Å². The number of rotatable bonds is 1. The van der Waals surface area contributed by atoms with Crippen molar-refractivity contribution in [3.63, 3.8) is 0 Å². The van der Waals surface area contributed by atoms with Crippen LogP contribution in [0.2, 0.25) is 0 Å². The number of amides is 2. The zero-order valence-corrected chi connectivity index (χ0v) is 10.3. The van der Waals surface area contributed by atoms with E-state index in [9.17, 15) is 9.59 Å². The topological polar surface area (TPSA) is 74.8 Å². The number of aromatic nitrogens is 2. The van der Waals surface area contributed by atoms with Crippen molar-refractivity contribution in [3.05, 3.63) is 48.3 Å². The maximum atomic E-state index is 11.7. The fraction of sp³-hybridized carbons (Fsp3) is 0. The van der Waals surface area contributed by atoms with Crippen molar-refractivity contribution >= 4 is 39.2 Å². The van der Waals surface area contributed by atoms with Crippen LogP contribution < -0.4 is 5.32 Å². The third-order valence-corrected chi connectivity index (χ3v) is 3.45. The van der Waals surface area contributed by atoms with Crippen LogP contribution >= 0.6 is 0 Å². The summed E-state index contributed by atoms with van der Waals surface area (Å²) in [5, 5.41) is 4.27. The minimum atomic E-state index is -0.383. The molecule has 1 aliphatic rings. The van der Waals surface area contributed by atoms with E-state index in [1.165, 1.54) is 6.08 Å². The Morgan fingerprint density at radius 3 is 2.65 bits per heavy atom. The van der Waals surface area contributed by atoms with Gasteiger partial charge in [-0.1, -0.05) is 12.1 Å². The molecule has 1 aliphatic heterocycles. The molecular formula is C15H9N3O2. The van der Waals surface area contributed by atoms with E-state index in [-0.39, 0.29) is 11.8 Å². The van der Waals surface area contributed by atoms with Crippen molar-refractivity contribution in [2.75, 3.05) is 0 Å². The fourth-order valence-electron chi connectivity index (χ4n) is 2.50. The quantitative estimate of drug-likeness (QED) is 0.657. The molecule has 4 rings (SSSR count). The third-order valence-electron chi connectivity index (χ3n) is 3.45. The first-order valence-electron chi connectivity index (χ1n) is 6.16. The van der Waals surface area contributed by atoms with E-state index in [4.69, 9.17) is 0 Å². The van der Waals surface area contributed by atoms with E-state index in [0.717, 1.165) is 21.8 Å². The van der Waals surface area contributed by atoms with Crippen LogP contribution in [0.15, 0.2) is 42.6 Å². The van der Waals surface area contributed by atoms with Gasteiger partial charge in [-0.3, -0.25) is 19.9 Å². The van der Waals surface area contributed by atoms with Crippen LogP contribution in [0.1, 0.15) is 5.69 Å². The zero-order valence-electron chi connectivity index (χ0n) is 10.3. The van der Waals surface area contributed by atoms with Crippen LogP contribution in [0.5, 0.6) is 0 Å². The highest BCUT2D eigenvalue weighted by Gasteiger charge is 2.22. The smallest absolute Gasteiger partial charge is 0.260 e. The molecular weight excluding hydrogens is 254 g/mol. The average molecular weight is 263 g/mol. The average Bonchev–Trinajstić information content (AvgIpc) is 3.04. The van der Waals surface area contributed by atoms with Crippen LogP contribution in [0.25, 0.3) is 27.4 Å². The largest absolute Gasteiger partial charge is 0.354 e. The van der Waals surface area contributed by atoms with Crippen LogP contribution in [0.3, 0.4) is 0 Å². The SMILES string of the molecule is O=C1C=C(c2ccc3ccc4nccc4c3[nH]2)C(=O)N1. The Labute approximate surface area is 113 Å². The second kappa shape index (κ2) is 3.77. The summed E-state index contributed by atoms with van der Waals surface area (Å²) in [5.74, 6) is -0.759. The lowest BCUT2D eigenvalue weighted by Crippen LogP contribution is -2.21. The van der Waals surface area contributed by atoms with Gasteiger partial charge in [0.25, 0.3) is 11.8 Å². The zero-order chi connectivity index (χ0) is 13.7. The van der Waals surface area contributed by atoms with Crippen molar-refractivity contribution in [1.82, 2.24) is 15.3 Å². The summed E-state index contributed by atoms with van der Waals surface area (Å²) in [5.41, 5.74) is 2.78. The Balaban J connectivity index is 2.00. The number of nitrogens with zero attached hydrogens (tertiary/aromatic N) is 1. The van der Waals surface area contributed by atoms with Gasteiger partial charge >= 0.3 is 0 Å². The molecule has 2 aromatic heterocycles. The summed E-state index contributed by atoms with van der Waals surface area (Å²) >= 11 is 0. The molecule has 0 saturated carbocycles. The number of aromatic amines is 1. The van der Waals surface area contributed by atoms with Crippen LogP contribution in [0, 0.1) is 0 Å². The number of carbonyl (C=O) groups excluding carboxylic acids is 2. The molecule has 5 heteroatoms. The Kier molecular flexibility index (Phi) is 2.06. The Morgan fingerprint density at radius 1 is 1.00 bits per heavy atom. The number of fused-ring (bicyclic) bond motifs is 3. The molecule has 0 saturated heterocycles. The normalized spacial score (nSPS) is 14.9. The molecule has 0 unspecified atom stereocenters. The predicted molar refractivity (Wildman–Crippen MR) is 74.7 cm³/mol. The molecule has 0 fully saturated rings. The highest BCUT2D eigenvalue weighted by molar-refractivity contribution is 6.33. The first-order valence-corrected chi connectivity index (χ1v) is 6.16. The van der Waals surface area contributed by atoms with E-state index < -0.39 is 0 Å². The van der Waals surface area contributed by atoms with E-state index >= 15 is 0 Å². The van der Waals surface area contributed by atoms with Gasteiger partial charge in [0.15, 0.2) is 0 Å². The summed E-state index contributed by atoms with van der Waals surface area (Å²) in [7, 11) is 0. The first kappa shape index (κ1) is 10.9. The molecule has 0 atom stereocenters. The van der Waals surface area contributed by atoms with Gasteiger partial charge < -0.3 is 4.98 Å². The second-order valence-electron chi connectivity index (χ2n) is 4.66. The Bertz CT molecular complexity index is 921. The van der Waals surface area contributed by atoms with E-state index in [2.05, 4.69) is 15.3 Å². The number of benzene rings is 1. The molecule has 2 N–H and O–H groups in total. The summed E-state index contributed by atoms with van der Waals surface area (Å²) in [6.07, 6.45) is 3.05. The summed E-state index contributed by atoms with van der Waals surface area (Å²) in [6, 6.07) is 9.57. The van der Waals surface area contributed by atoms with Crippen LogP contribution in [-0.2, 0) is 9.59 Å². The first-order chi connectivity index (χ1) is 9.72. The molecule has 0 aliphatic carbocycles. The third kappa shape index (κ3) is 1.46. The molecule has 5 nitrogen and oxygen atoms in total. The Hall–Kier alpha value is -2.95. The maximum Gasteiger partial charge on any atom is 0.260 e. The summed E-state index contributed by atoms with van der Waals surface area (Å²) in [6.45, 7) is 0. The highest BCUT2D eigenvalue weighted by atomic mass is 16.2. The standard InChI is InChI=1S/C15H9N3O2/c19-13-7-10(15(20)18-13)12-4-2-8-1-3-11-9(5-6-16-11)14(8)17-12/h1-7,17H,(H,18,19,20). The van der Waals surface area contributed by atoms with Gasteiger partial charge in [0, 0.05) is 17.7 Å². The van der Waals surface area contributed by atoms with Gasteiger partial charge in [0.1, 0.15) is 0 Å². The van der Waals surface area contributed by atoms with Gasteiger partial charge in [-0.25, -0.2) is 0 Å². The minimum absolute atomic E-state index is 0.355. The van der Waals surface area contributed by atoms with Gasteiger partial charge in [-0.05, 0) is 23.6 Å². The van der Waals surface area contributed by atoms with E-state index in [1.54, 1.807) is 12.3 Å². The lowest BCUT2D eigenvalue weighted by molar-refractivity contribution is -0.123. The van der Waals surface area contributed by atoms with Crippen molar-refractivity contribution < 1.29 is 9.59 Å². The summed E-state index contributed by atoms with van der Waals surface area (Å²) in [4.78, 5) is 30.4. The van der Waals surface area contributed by atoms with Crippen molar-refractivity contribution in [2.45, 2.75) is 0 Å². The molecule has 0 spiro atoms. The number of imide groups is 1. The number of pyridine rings is 1. The maximum absolute atomic E-state index is 11.7. The predicted octanol–water partition coefficient (Wildman–Crippen LogP) is 1.76. The molecule has 0 radical (unpaired) electrons. The number of hydrogen-bond donors (Lipinski definition) is 2. The number of carbonyl (C=O) groups is 2. The highest BCUT2D eigenvalue weighted by Crippen LogP contribution is 2.25. The molecule has 2 amide bonds. The molecule has 20 heavy (non-hydrogen) atoms. The van der Waals surface area contributed by atoms with Crippen LogP contribution in [0.4, 0.5) is 0 Å². The molecule has 1 aromatic carbocycles. The van der Waals surface area contributed by atoms with E-state index in [1.807, 2.05) is 24.3 Å². The van der Waals surface area contributed by atoms with Crippen molar-refractivity contribution in [1.29, 1.82) is 0 Å². The Morgan fingerprint density at radius 2 is 1.85 bits per heavy atom. The van der Waals surface area contributed by atoms with Gasteiger partial charge in [-0.2, -0.15) is 0 Å². The van der Waals surface area contributed by atoms with Gasteiger partial charge in [0.05, 0.1) is 22.3 Å². The molecule has 0 bridgehead atoms. The lowest BCUT2D eigenvalue weighted by atomic mass is 10.1. The number of nitrogens with one attached hydrogen (secondary N) is 2. The monoisotopic (exact) mass is 263 g/mol. The number of H-pyrrole nitrogens is 1. The van der Waals surface area contributed by atoms with Crippen LogP contribution in [-0.4, -0.2) is 21.8 Å². The fourth-order valence-corrected chi connectivity index (χ4v) is 2.50. The molecule has 3 heterocycles. The van der Waals surface area contributed by atoms with Crippen molar-refractivity contribution in [2.24, 2.45) is 0 Å².